The lowest BCUT2D eigenvalue weighted by atomic mass is 10.1. The summed E-state index contributed by atoms with van der Waals surface area (Å²) >= 11 is 6.63. The quantitative estimate of drug-likeness (QED) is 0.427. The molecule has 2 N–H and O–H groups in total. The van der Waals surface area contributed by atoms with Crippen molar-refractivity contribution in [2.24, 2.45) is 0 Å². The largest absolute Gasteiger partial charge is 0.493 e. The Bertz CT molecular complexity index is 966. The molecule has 0 aromatic heterocycles. The van der Waals surface area contributed by atoms with Crippen LogP contribution < -0.4 is 14.8 Å². The topological polar surface area (TPSA) is 109 Å². The van der Waals surface area contributed by atoms with Crippen LogP contribution in [0.5, 0.6) is 11.5 Å². The third-order valence-electron chi connectivity index (χ3n) is 3.40. The molecule has 0 aliphatic rings. The molecule has 0 unspecified atom stereocenters. The molecule has 0 atom stereocenters. The minimum Gasteiger partial charge on any atom is -0.493 e. The van der Waals surface area contributed by atoms with Gasteiger partial charge >= 0.3 is 5.97 Å². The number of carbonyl (C=O) groups is 2. The molecule has 0 spiro atoms. The van der Waals surface area contributed by atoms with E-state index in [0.717, 1.165) is 4.47 Å². The number of carboxylic acid groups (broad SMARTS) is 1. The maximum Gasteiger partial charge on any atom is 0.341 e. The molecule has 9 heteroatoms. The second-order valence-electron chi connectivity index (χ2n) is 5.34. The molecular formula is C19H14Br2N2O5. The minimum atomic E-state index is -1.13. The summed E-state index contributed by atoms with van der Waals surface area (Å²) in [7, 11) is 1.40. The van der Waals surface area contributed by atoms with Crippen molar-refractivity contribution in [2.75, 3.05) is 19.0 Å². The van der Waals surface area contributed by atoms with Gasteiger partial charge in [-0.05, 0) is 48.0 Å². The predicted molar refractivity (Wildman–Crippen MR) is 110 cm³/mol. The number of anilines is 1. The molecule has 7 nitrogen and oxygen atoms in total. The van der Waals surface area contributed by atoms with Crippen LogP contribution in [0.4, 0.5) is 5.69 Å². The molecule has 0 radical (unpaired) electrons. The van der Waals surface area contributed by atoms with E-state index in [2.05, 4.69) is 37.2 Å². The average Bonchev–Trinajstić information content (AvgIpc) is 2.67. The molecule has 28 heavy (non-hydrogen) atoms. The summed E-state index contributed by atoms with van der Waals surface area (Å²) in [6, 6.07) is 11.8. The number of benzene rings is 2. The second kappa shape index (κ2) is 9.92. The van der Waals surface area contributed by atoms with Gasteiger partial charge < -0.3 is 19.9 Å². The number of hydrogen-bond acceptors (Lipinski definition) is 5. The number of carboxylic acids is 1. The summed E-state index contributed by atoms with van der Waals surface area (Å²) in [6.45, 7) is -0.531. The zero-order valence-electron chi connectivity index (χ0n) is 14.5. The van der Waals surface area contributed by atoms with Gasteiger partial charge in [-0.15, -0.1) is 0 Å². The highest BCUT2D eigenvalue weighted by Gasteiger charge is 2.14. The molecule has 2 aromatic carbocycles. The van der Waals surface area contributed by atoms with Crippen molar-refractivity contribution < 1.29 is 24.2 Å². The number of aliphatic carboxylic acids is 1. The SMILES string of the molecule is COc1cc(/C=C(/C#N)C(=O)Nc2ccc(Br)cc2)c(Br)cc1OCC(=O)O. The van der Waals surface area contributed by atoms with Crippen molar-refractivity contribution in [3.05, 3.63) is 56.5 Å². The molecular weight excluding hydrogens is 496 g/mol. The van der Waals surface area contributed by atoms with E-state index in [1.54, 1.807) is 24.3 Å². The summed E-state index contributed by atoms with van der Waals surface area (Å²) in [5.74, 6) is -1.21. The first kappa shape index (κ1) is 21.5. The van der Waals surface area contributed by atoms with E-state index in [4.69, 9.17) is 14.6 Å². The Morgan fingerprint density at radius 1 is 1.21 bits per heavy atom. The molecule has 0 bridgehead atoms. The van der Waals surface area contributed by atoms with Crippen LogP contribution in [0.3, 0.4) is 0 Å². The summed E-state index contributed by atoms with van der Waals surface area (Å²) < 4.78 is 11.7. The number of nitrogens with one attached hydrogen (secondary N) is 1. The first-order chi connectivity index (χ1) is 13.3. The van der Waals surface area contributed by atoms with Crippen molar-refractivity contribution in [3.8, 4) is 17.6 Å². The molecule has 0 fully saturated rings. The number of nitriles is 1. The lowest BCUT2D eigenvalue weighted by molar-refractivity contribution is -0.139. The normalized spacial score (nSPS) is 10.7. The highest BCUT2D eigenvalue weighted by atomic mass is 79.9. The average molecular weight is 510 g/mol. The van der Waals surface area contributed by atoms with Crippen molar-refractivity contribution >= 4 is 55.5 Å². The van der Waals surface area contributed by atoms with Crippen LogP contribution in [0.2, 0.25) is 0 Å². The summed E-state index contributed by atoms with van der Waals surface area (Å²) in [5.41, 5.74) is 0.912. The summed E-state index contributed by atoms with van der Waals surface area (Å²) in [4.78, 5) is 23.1. The highest BCUT2D eigenvalue weighted by Crippen LogP contribution is 2.34. The Hall–Kier alpha value is -2.83. The predicted octanol–water partition coefficient (Wildman–Crippen LogP) is 4.23. The number of halogens is 2. The molecule has 0 aliphatic heterocycles. The Morgan fingerprint density at radius 3 is 2.46 bits per heavy atom. The molecule has 0 aliphatic carbocycles. The fourth-order valence-electron chi connectivity index (χ4n) is 2.11. The minimum absolute atomic E-state index is 0.120. The second-order valence-corrected chi connectivity index (χ2v) is 7.11. The number of carbonyl (C=O) groups excluding carboxylic acids is 1. The molecule has 2 rings (SSSR count). The number of amides is 1. The van der Waals surface area contributed by atoms with Crippen molar-refractivity contribution in [1.29, 1.82) is 5.26 Å². The van der Waals surface area contributed by atoms with Crippen LogP contribution in [0, 0.1) is 11.3 Å². The van der Waals surface area contributed by atoms with Gasteiger partial charge in [0.25, 0.3) is 5.91 Å². The standard InChI is InChI=1S/C19H14Br2N2O5/c1-27-16-7-11(15(21)8-17(16)28-10-18(24)25)6-12(9-22)19(26)23-14-4-2-13(20)3-5-14/h2-8H,10H2,1H3,(H,23,26)(H,24,25)/b12-6-. The lowest BCUT2D eigenvalue weighted by Gasteiger charge is -2.12. The first-order valence-corrected chi connectivity index (χ1v) is 9.33. The van der Waals surface area contributed by atoms with Crippen LogP contribution >= 0.6 is 31.9 Å². The van der Waals surface area contributed by atoms with Gasteiger partial charge in [-0.1, -0.05) is 31.9 Å². The van der Waals surface area contributed by atoms with Gasteiger partial charge in [-0.2, -0.15) is 5.26 Å². The van der Waals surface area contributed by atoms with Gasteiger partial charge in [-0.3, -0.25) is 4.79 Å². The molecule has 1 amide bonds. The third-order valence-corrected chi connectivity index (χ3v) is 4.62. The number of ether oxygens (including phenoxy) is 2. The van der Waals surface area contributed by atoms with Gasteiger partial charge in [0.2, 0.25) is 0 Å². The van der Waals surface area contributed by atoms with Crippen LogP contribution in [0.1, 0.15) is 5.56 Å². The maximum absolute atomic E-state index is 12.4. The molecule has 0 saturated heterocycles. The van der Waals surface area contributed by atoms with Crippen molar-refractivity contribution in [2.45, 2.75) is 0 Å². The molecule has 2 aromatic rings. The van der Waals surface area contributed by atoms with Gasteiger partial charge in [0, 0.05) is 14.6 Å². The Labute approximate surface area is 177 Å². The molecule has 144 valence electrons. The van der Waals surface area contributed by atoms with Gasteiger partial charge in [0.15, 0.2) is 18.1 Å². The van der Waals surface area contributed by atoms with Gasteiger partial charge in [0.05, 0.1) is 7.11 Å². The number of methoxy groups -OCH3 is 1. The first-order valence-electron chi connectivity index (χ1n) is 7.75. The third kappa shape index (κ3) is 5.84. The Kier molecular flexibility index (Phi) is 7.61. The summed E-state index contributed by atoms with van der Waals surface area (Å²) in [5, 5.41) is 20.8. The zero-order chi connectivity index (χ0) is 20.7. The summed E-state index contributed by atoms with van der Waals surface area (Å²) in [6.07, 6.45) is 1.39. The highest BCUT2D eigenvalue weighted by molar-refractivity contribution is 9.10. The lowest BCUT2D eigenvalue weighted by Crippen LogP contribution is -2.13. The van der Waals surface area contributed by atoms with Crippen molar-refractivity contribution in [3.63, 3.8) is 0 Å². The van der Waals surface area contributed by atoms with E-state index in [1.807, 2.05) is 6.07 Å². The fourth-order valence-corrected chi connectivity index (χ4v) is 2.81. The zero-order valence-corrected chi connectivity index (χ0v) is 17.7. The van der Waals surface area contributed by atoms with Crippen LogP contribution in [0.15, 0.2) is 50.9 Å². The molecule has 0 heterocycles. The van der Waals surface area contributed by atoms with Gasteiger partial charge in [0.1, 0.15) is 11.6 Å². The van der Waals surface area contributed by atoms with E-state index in [-0.39, 0.29) is 17.1 Å². The van der Waals surface area contributed by atoms with E-state index < -0.39 is 18.5 Å². The maximum atomic E-state index is 12.4. The van der Waals surface area contributed by atoms with Crippen molar-refractivity contribution in [1.82, 2.24) is 0 Å². The Balaban J connectivity index is 2.29. The number of hydrogen-bond donors (Lipinski definition) is 2. The molecule has 0 saturated carbocycles. The van der Waals surface area contributed by atoms with Gasteiger partial charge in [-0.25, -0.2) is 4.79 Å². The van der Waals surface area contributed by atoms with E-state index >= 15 is 0 Å². The fraction of sp³-hybridized carbons (Fsp3) is 0.105. The van der Waals surface area contributed by atoms with E-state index in [1.165, 1.54) is 25.3 Å². The monoisotopic (exact) mass is 508 g/mol. The van der Waals surface area contributed by atoms with E-state index in [0.29, 0.717) is 15.7 Å². The van der Waals surface area contributed by atoms with Crippen LogP contribution in [0.25, 0.3) is 6.08 Å². The smallest absolute Gasteiger partial charge is 0.341 e. The Morgan fingerprint density at radius 2 is 1.89 bits per heavy atom. The van der Waals surface area contributed by atoms with E-state index in [9.17, 15) is 14.9 Å². The van der Waals surface area contributed by atoms with Crippen LogP contribution in [-0.2, 0) is 9.59 Å². The number of rotatable bonds is 7. The number of nitrogens with zero attached hydrogens (tertiary/aromatic N) is 1. The van der Waals surface area contributed by atoms with Crippen LogP contribution in [-0.4, -0.2) is 30.7 Å².